The number of aliphatic carboxylic acids is 1. The number of nitrogens with zero attached hydrogens (tertiary/aromatic N) is 2. The number of carboxylic acid groups (broad SMARTS) is 1. The maximum Gasteiger partial charge on any atom is 0.320 e. The van der Waals surface area contributed by atoms with Gasteiger partial charge in [-0.05, 0) is 43.4 Å². The van der Waals surface area contributed by atoms with Gasteiger partial charge in [-0.1, -0.05) is 12.8 Å². The fraction of sp³-hybridized carbons (Fsp3) is 0.556. The molecule has 2 aromatic rings. The van der Waals surface area contributed by atoms with Crippen molar-refractivity contribution in [3.63, 3.8) is 0 Å². The van der Waals surface area contributed by atoms with Crippen LogP contribution in [-0.4, -0.2) is 40.2 Å². The van der Waals surface area contributed by atoms with Crippen LogP contribution in [0.4, 0.5) is 0 Å². The number of likely N-dealkylation sites (tertiary alicyclic amines) is 1. The molecule has 2 aliphatic rings. The van der Waals surface area contributed by atoms with Crippen LogP contribution in [0.25, 0.3) is 10.2 Å². The van der Waals surface area contributed by atoms with Gasteiger partial charge in [0.2, 0.25) is 0 Å². The SMILES string of the molecule is COc1ccc2nc(CN3C(C(=O)O)CC4CCCCC43)sc2c1. The summed E-state index contributed by atoms with van der Waals surface area (Å²) in [6.07, 6.45) is 5.52. The minimum Gasteiger partial charge on any atom is -0.497 e. The maximum atomic E-state index is 11.7. The molecule has 3 unspecified atom stereocenters. The maximum absolute atomic E-state index is 11.7. The van der Waals surface area contributed by atoms with E-state index in [0.29, 0.717) is 18.5 Å². The van der Waals surface area contributed by atoms with E-state index in [1.807, 2.05) is 18.2 Å². The molecule has 0 spiro atoms. The van der Waals surface area contributed by atoms with E-state index < -0.39 is 5.97 Å². The molecule has 4 rings (SSSR count). The average Bonchev–Trinajstić information content (AvgIpc) is 3.15. The third kappa shape index (κ3) is 2.78. The van der Waals surface area contributed by atoms with Gasteiger partial charge in [-0.15, -0.1) is 11.3 Å². The largest absolute Gasteiger partial charge is 0.497 e. The summed E-state index contributed by atoms with van der Waals surface area (Å²) in [6, 6.07) is 5.93. The first-order valence-electron chi connectivity index (χ1n) is 8.57. The summed E-state index contributed by atoms with van der Waals surface area (Å²) in [4.78, 5) is 18.6. The lowest BCUT2D eigenvalue weighted by Crippen LogP contribution is -2.41. The number of thiazole rings is 1. The van der Waals surface area contributed by atoms with Crippen LogP contribution in [0.5, 0.6) is 5.75 Å². The van der Waals surface area contributed by atoms with Crippen molar-refractivity contribution in [2.45, 2.75) is 50.7 Å². The minimum atomic E-state index is -0.688. The van der Waals surface area contributed by atoms with Gasteiger partial charge >= 0.3 is 5.97 Å². The second kappa shape index (κ2) is 6.33. The molecule has 1 aliphatic carbocycles. The molecule has 1 aliphatic heterocycles. The topological polar surface area (TPSA) is 62.7 Å². The Labute approximate surface area is 145 Å². The number of hydrogen-bond acceptors (Lipinski definition) is 5. The second-order valence-electron chi connectivity index (χ2n) is 6.82. The van der Waals surface area contributed by atoms with Crippen LogP contribution in [0, 0.1) is 5.92 Å². The minimum absolute atomic E-state index is 0.361. The van der Waals surface area contributed by atoms with Gasteiger partial charge < -0.3 is 9.84 Å². The lowest BCUT2D eigenvalue weighted by atomic mass is 9.85. The van der Waals surface area contributed by atoms with Gasteiger partial charge in [0.15, 0.2) is 0 Å². The van der Waals surface area contributed by atoms with Crippen LogP contribution in [0.15, 0.2) is 18.2 Å². The van der Waals surface area contributed by atoms with E-state index >= 15 is 0 Å². The van der Waals surface area contributed by atoms with E-state index in [-0.39, 0.29) is 6.04 Å². The highest BCUT2D eigenvalue weighted by Gasteiger charge is 2.45. The molecular formula is C18H22N2O3S. The summed E-state index contributed by atoms with van der Waals surface area (Å²) in [5.41, 5.74) is 0.960. The summed E-state index contributed by atoms with van der Waals surface area (Å²) in [6.45, 7) is 0.639. The lowest BCUT2D eigenvalue weighted by Gasteiger charge is -2.32. The molecule has 3 atom stereocenters. The first kappa shape index (κ1) is 15.8. The Morgan fingerprint density at radius 1 is 1.42 bits per heavy atom. The smallest absolute Gasteiger partial charge is 0.320 e. The van der Waals surface area contributed by atoms with Crippen molar-refractivity contribution in [1.29, 1.82) is 0 Å². The van der Waals surface area contributed by atoms with Crippen molar-refractivity contribution >= 4 is 27.5 Å². The number of rotatable bonds is 4. The Hall–Kier alpha value is -1.66. The predicted molar refractivity (Wildman–Crippen MR) is 93.5 cm³/mol. The standard InChI is InChI=1S/C18H22N2O3S/c1-23-12-6-7-13-16(9-12)24-17(19-13)10-20-14-5-3-2-4-11(14)8-15(20)18(21)22/h6-7,9,11,14-15H,2-5,8,10H2,1H3,(H,21,22). The van der Waals surface area contributed by atoms with E-state index in [0.717, 1.165) is 33.8 Å². The molecule has 128 valence electrons. The summed E-state index contributed by atoms with van der Waals surface area (Å²) < 4.78 is 6.37. The number of methoxy groups -OCH3 is 1. The normalized spacial score (nSPS) is 27.3. The van der Waals surface area contributed by atoms with Crippen molar-refractivity contribution in [3.05, 3.63) is 23.2 Å². The molecule has 0 radical (unpaired) electrons. The van der Waals surface area contributed by atoms with Gasteiger partial charge in [-0.3, -0.25) is 9.69 Å². The fourth-order valence-corrected chi connectivity index (χ4v) is 5.33. The summed E-state index contributed by atoms with van der Waals surface area (Å²) >= 11 is 1.64. The third-order valence-corrected chi connectivity index (χ3v) is 6.47. The molecule has 24 heavy (non-hydrogen) atoms. The molecule has 1 saturated heterocycles. The first-order chi connectivity index (χ1) is 11.7. The Morgan fingerprint density at radius 2 is 2.25 bits per heavy atom. The van der Waals surface area contributed by atoms with E-state index in [1.54, 1.807) is 18.4 Å². The zero-order chi connectivity index (χ0) is 16.7. The number of fused-ring (bicyclic) bond motifs is 2. The van der Waals surface area contributed by atoms with Gasteiger partial charge in [0, 0.05) is 6.04 Å². The first-order valence-corrected chi connectivity index (χ1v) is 9.39. The van der Waals surface area contributed by atoms with E-state index in [1.165, 1.54) is 19.3 Å². The van der Waals surface area contributed by atoms with Crippen LogP contribution < -0.4 is 4.74 Å². The molecule has 1 saturated carbocycles. The number of aromatic nitrogens is 1. The van der Waals surface area contributed by atoms with Crippen molar-refractivity contribution < 1.29 is 14.6 Å². The Kier molecular flexibility index (Phi) is 4.18. The molecule has 2 fully saturated rings. The van der Waals surface area contributed by atoms with Gasteiger partial charge in [0.1, 0.15) is 16.8 Å². The highest BCUT2D eigenvalue weighted by atomic mass is 32.1. The number of carboxylic acids is 1. The van der Waals surface area contributed by atoms with Crippen LogP contribution in [-0.2, 0) is 11.3 Å². The lowest BCUT2D eigenvalue weighted by molar-refractivity contribution is -0.142. The summed E-state index contributed by atoms with van der Waals surface area (Å²) in [5, 5.41) is 10.6. The number of carbonyl (C=O) groups is 1. The van der Waals surface area contributed by atoms with Crippen molar-refractivity contribution in [2.75, 3.05) is 7.11 Å². The van der Waals surface area contributed by atoms with Gasteiger partial charge in [-0.2, -0.15) is 0 Å². The quantitative estimate of drug-likeness (QED) is 0.918. The fourth-order valence-electron chi connectivity index (χ4n) is 4.33. The third-order valence-electron chi connectivity index (χ3n) is 5.46. The number of benzene rings is 1. The van der Waals surface area contributed by atoms with Gasteiger partial charge in [0.05, 0.1) is 23.9 Å². The van der Waals surface area contributed by atoms with Crippen LogP contribution in [0.1, 0.15) is 37.1 Å². The predicted octanol–water partition coefficient (Wildman–Crippen LogP) is 3.52. The van der Waals surface area contributed by atoms with Crippen molar-refractivity contribution in [3.8, 4) is 5.75 Å². The van der Waals surface area contributed by atoms with Crippen molar-refractivity contribution in [1.82, 2.24) is 9.88 Å². The highest BCUT2D eigenvalue weighted by Crippen LogP contribution is 2.41. The van der Waals surface area contributed by atoms with Crippen LogP contribution >= 0.6 is 11.3 Å². The van der Waals surface area contributed by atoms with Crippen LogP contribution in [0.3, 0.4) is 0 Å². The Bertz CT molecular complexity index is 760. The van der Waals surface area contributed by atoms with Gasteiger partial charge in [-0.25, -0.2) is 4.98 Å². The average molecular weight is 346 g/mol. The molecule has 6 heteroatoms. The van der Waals surface area contributed by atoms with E-state index in [9.17, 15) is 9.90 Å². The monoisotopic (exact) mass is 346 g/mol. The summed E-state index contributed by atoms with van der Waals surface area (Å²) in [5.74, 6) is 0.677. The molecule has 1 aromatic heterocycles. The number of ether oxygens (including phenoxy) is 1. The van der Waals surface area contributed by atoms with E-state index in [2.05, 4.69) is 4.90 Å². The zero-order valence-corrected chi connectivity index (χ0v) is 14.6. The van der Waals surface area contributed by atoms with E-state index in [4.69, 9.17) is 9.72 Å². The van der Waals surface area contributed by atoms with Crippen LogP contribution in [0.2, 0.25) is 0 Å². The Balaban J connectivity index is 1.61. The molecule has 1 N–H and O–H groups in total. The molecule has 5 nitrogen and oxygen atoms in total. The number of hydrogen-bond donors (Lipinski definition) is 1. The van der Waals surface area contributed by atoms with Gasteiger partial charge in [0.25, 0.3) is 0 Å². The van der Waals surface area contributed by atoms with Crippen molar-refractivity contribution in [2.24, 2.45) is 5.92 Å². The Morgan fingerprint density at radius 3 is 3.04 bits per heavy atom. The molecule has 1 aromatic carbocycles. The second-order valence-corrected chi connectivity index (χ2v) is 7.93. The molecule has 2 heterocycles. The molecule has 0 amide bonds. The molecule has 0 bridgehead atoms. The zero-order valence-electron chi connectivity index (χ0n) is 13.8. The molecular weight excluding hydrogens is 324 g/mol. The highest BCUT2D eigenvalue weighted by molar-refractivity contribution is 7.18. The summed E-state index contributed by atoms with van der Waals surface area (Å²) in [7, 11) is 1.66.